The van der Waals surface area contributed by atoms with Gasteiger partial charge < -0.3 is 10.1 Å². The minimum absolute atomic E-state index is 0.0371. The van der Waals surface area contributed by atoms with Crippen LogP contribution < -0.4 is 15.2 Å². The summed E-state index contributed by atoms with van der Waals surface area (Å²) in [5.41, 5.74) is 0.647. The van der Waals surface area contributed by atoms with E-state index >= 15 is 0 Å². The second-order valence-corrected chi connectivity index (χ2v) is 6.83. The maximum absolute atomic E-state index is 13.4. The first-order valence-electron chi connectivity index (χ1n) is 7.17. The number of ether oxygens (including phenoxy) is 1. The monoisotopic (exact) mass is 370 g/mol. The van der Waals surface area contributed by atoms with Gasteiger partial charge in [-0.25, -0.2) is 22.3 Å². The fourth-order valence-electron chi connectivity index (χ4n) is 2.05. The maximum Gasteiger partial charge on any atom is 0.258 e. The van der Waals surface area contributed by atoms with Crippen LogP contribution >= 0.6 is 0 Å². The molecule has 0 heterocycles. The smallest absolute Gasteiger partial charge is 0.258 e. The van der Waals surface area contributed by atoms with E-state index in [9.17, 15) is 22.0 Å². The van der Waals surface area contributed by atoms with Crippen LogP contribution in [0.25, 0.3) is 0 Å². The molecule has 0 aliphatic rings. The van der Waals surface area contributed by atoms with Crippen molar-refractivity contribution in [1.82, 2.24) is 5.32 Å². The highest BCUT2D eigenvalue weighted by Crippen LogP contribution is 2.18. The molecule has 25 heavy (non-hydrogen) atoms. The Balaban J connectivity index is 1.93. The summed E-state index contributed by atoms with van der Waals surface area (Å²) >= 11 is 0. The van der Waals surface area contributed by atoms with Crippen molar-refractivity contribution in [2.24, 2.45) is 5.14 Å². The average Bonchev–Trinajstić information content (AvgIpc) is 2.53. The van der Waals surface area contributed by atoms with Crippen molar-refractivity contribution < 1.29 is 26.7 Å². The van der Waals surface area contributed by atoms with E-state index in [2.05, 4.69) is 5.32 Å². The molecule has 0 aromatic heterocycles. The first-order valence-corrected chi connectivity index (χ1v) is 8.71. The molecule has 0 saturated heterocycles. The lowest BCUT2D eigenvalue weighted by atomic mass is 10.1. The Bertz CT molecular complexity index is 870. The van der Waals surface area contributed by atoms with Crippen LogP contribution in [0.4, 0.5) is 8.78 Å². The minimum atomic E-state index is -3.78. The molecular formula is C16H16F2N2O4S. The molecule has 2 rings (SSSR count). The molecule has 2 aromatic carbocycles. The zero-order valence-corrected chi connectivity index (χ0v) is 14.0. The van der Waals surface area contributed by atoms with E-state index in [4.69, 9.17) is 9.88 Å². The summed E-state index contributed by atoms with van der Waals surface area (Å²) in [6.07, 6.45) is 0. The van der Waals surface area contributed by atoms with Crippen molar-refractivity contribution in [3.63, 3.8) is 0 Å². The summed E-state index contributed by atoms with van der Waals surface area (Å²) in [5.74, 6) is -2.40. The van der Waals surface area contributed by atoms with E-state index in [-0.39, 0.29) is 10.6 Å². The molecule has 134 valence electrons. The molecule has 2 aromatic rings. The number of amides is 1. The normalized spacial score (nSPS) is 12.5. The number of primary sulfonamides is 1. The molecule has 3 N–H and O–H groups in total. The average molecular weight is 370 g/mol. The highest BCUT2D eigenvalue weighted by Gasteiger charge is 2.13. The maximum atomic E-state index is 13.4. The summed E-state index contributed by atoms with van der Waals surface area (Å²) in [5, 5.41) is 7.63. The van der Waals surface area contributed by atoms with Crippen molar-refractivity contribution in [3.05, 3.63) is 59.7 Å². The Hall–Kier alpha value is -2.52. The van der Waals surface area contributed by atoms with Crippen LogP contribution in [0.15, 0.2) is 47.4 Å². The molecule has 1 unspecified atom stereocenters. The fourth-order valence-corrected chi connectivity index (χ4v) is 2.56. The van der Waals surface area contributed by atoms with E-state index in [0.29, 0.717) is 11.6 Å². The fraction of sp³-hybridized carbons (Fsp3) is 0.188. The van der Waals surface area contributed by atoms with Gasteiger partial charge in [0, 0.05) is 6.07 Å². The van der Waals surface area contributed by atoms with Gasteiger partial charge in [-0.2, -0.15) is 0 Å². The van der Waals surface area contributed by atoms with Gasteiger partial charge in [0.2, 0.25) is 10.0 Å². The van der Waals surface area contributed by atoms with E-state index in [1.165, 1.54) is 24.3 Å². The summed E-state index contributed by atoms with van der Waals surface area (Å²) in [6.45, 7) is 1.23. The molecule has 0 aliphatic heterocycles. The predicted molar refractivity (Wildman–Crippen MR) is 86.2 cm³/mol. The number of rotatable bonds is 6. The van der Waals surface area contributed by atoms with Crippen LogP contribution in [0.5, 0.6) is 5.75 Å². The number of nitrogens with one attached hydrogen (secondary N) is 1. The van der Waals surface area contributed by atoms with E-state index in [1.807, 2.05) is 0 Å². The van der Waals surface area contributed by atoms with Crippen molar-refractivity contribution in [2.75, 3.05) is 6.61 Å². The van der Waals surface area contributed by atoms with Gasteiger partial charge in [-0.05, 0) is 36.8 Å². The molecule has 0 fully saturated rings. The molecule has 1 amide bonds. The summed E-state index contributed by atoms with van der Waals surface area (Å²) in [6, 6.07) is 8.03. The molecule has 0 aliphatic carbocycles. The van der Waals surface area contributed by atoms with Crippen LogP contribution in [0.2, 0.25) is 0 Å². The number of carbonyl (C=O) groups excluding carboxylic acids is 1. The first kappa shape index (κ1) is 18.8. The van der Waals surface area contributed by atoms with E-state index in [1.54, 1.807) is 6.92 Å². The number of benzene rings is 2. The SMILES string of the molecule is CC(NC(=O)COc1ccc(F)cc1F)c1ccc(S(N)(=O)=O)cc1. The molecule has 0 bridgehead atoms. The molecule has 6 nitrogen and oxygen atoms in total. The predicted octanol–water partition coefficient (Wildman–Crippen LogP) is 1.87. The molecular weight excluding hydrogens is 354 g/mol. The summed E-state index contributed by atoms with van der Waals surface area (Å²) in [7, 11) is -3.78. The third-order valence-corrected chi connectivity index (χ3v) is 4.27. The van der Waals surface area contributed by atoms with Crippen LogP contribution in [0.1, 0.15) is 18.5 Å². The van der Waals surface area contributed by atoms with Crippen molar-refractivity contribution >= 4 is 15.9 Å². The second kappa shape index (κ2) is 7.58. The van der Waals surface area contributed by atoms with E-state index < -0.39 is 40.2 Å². The van der Waals surface area contributed by atoms with Gasteiger partial charge in [0.1, 0.15) is 5.82 Å². The number of hydrogen-bond acceptors (Lipinski definition) is 4. The number of sulfonamides is 1. The first-order chi connectivity index (χ1) is 11.7. The van der Waals surface area contributed by atoms with E-state index in [0.717, 1.165) is 12.1 Å². The van der Waals surface area contributed by atoms with Gasteiger partial charge in [0.05, 0.1) is 10.9 Å². The highest BCUT2D eigenvalue weighted by atomic mass is 32.2. The minimum Gasteiger partial charge on any atom is -0.481 e. The van der Waals surface area contributed by atoms with Gasteiger partial charge in [0.15, 0.2) is 18.2 Å². The topological polar surface area (TPSA) is 98.5 Å². The Labute approximate surface area is 143 Å². The number of nitrogens with two attached hydrogens (primary N) is 1. The van der Waals surface area contributed by atoms with Crippen molar-refractivity contribution in [3.8, 4) is 5.75 Å². The summed E-state index contributed by atoms with van der Waals surface area (Å²) < 4.78 is 53.6. The lowest BCUT2D eigenvalue weighted by molar-refractivity contribution is -0.123. The third kappa shape index (κ3) is 5.23. The second-order valence-electron chi connectivity index (χ2n) is 5.27. The largest absolute Gasteiger partial charge is 0.481 e. The zero-order valence-electron chi connectivity index (χ0n) is 13.2. The van der Waals surface area contributed by atoms with Crippen molar-refractivity contribution in [2.45, 2.75) is 17.9 Å². The molecule has 1 atom stereocenters. The highest BCUT2D eigenvalue weighted by molar-refractivity contribution is 7.89. The molecule has 0 saturated carbocycles. The third-order valence-electron chi connectivity index (χ3n) is 3.34. The number of hydrogen-bond donors (Lipinski definition) is 2. The van der Waals surface area contributed by atoms with Crippen molar-refractivity contribution in [1.29, 1.82) is 0 Å². The Morgan fingerprint density at radius 1 is 1.20 bits per heavy atom. The van der Waals surface area contributed by atoms with Gasteiger partial charge >= 0.3 is 0 Å². The Kier molecular flexibility index (Phi) is 5.70. The molecule has 0 spiro atoms. The Morgan fingerprint density at radius 3 is 2.40 bits per heavy atom. The number of carbonyl (C=O) groups is 1. The standard InChI is InChI=1S/C16H16F2N2O4S/c1-10(11-2-5-13(6-3-11)25(19,22)23)20-16(21)9-24-15-7-4-12(17)8-14(15)18/h2-8,10H,9H2,1H3,(H,20,21)(H2,19,22,23). The Morgan fingerprint density at radius 2 is 1.84 bits per heavy atom. The number of halogens is 2. The van der Waals surface area contributed by atoms with Gasteiger partial charge in [-0.3, -0.25) is 4.79 Å². The van der Waals surface area contributed by atoms with Crippen LogP contribution in [0, 0.1) is 11.6 Å². The van der Waals surface area contributed by atoms with Crippen LogP contribution in [-0.2, 0) is 14.8 Å². The quantitative estimate of drug-likeness (QED) is 0.811. The zero-order chi connectivity index (χ0) is 18.6. The molecule has 0 radical (unpaired) electrons. The molecule has 9 heteroatoms. The van der Waals surface area contributed by atoms with Crippen LogP contribution in [-0.4, -0.2) is 20.9 Å². The lowest BCUT2D eigenvalue weighted by Gasteiger charge is -2.15. The van der Waals surface area contributed by atoms with Gasteiger partial charge in [-0.15, -0.1) is 0 Å². The summed E-state index contributed by atoms with van der Waals surface area (Å²) in [4.78, 5) is 11.8. The van der Waals surface area contributed by atoms with Crippen LogP contribution in [0.3, 0.4) is 0 Å². The lowest BCUT2D eigenvalue weighted by Crippen LogP contribution is -2.31. The van der Waals surface area contributed by atoms with Gasteiger partial charge in [-0.1, -0.05) is 12.1 Å². The van der Waals surface area contributed by atoms with Gasteiger partial charge in [0.25, 0.3) is 5.91 Å².